The second-order valence-corrected chi connectivity index (χ2v) is 5.71. The molecule has 0 N–H and O–H groups in total. The predicted octanol–water partition coefficient (Wildman–Crippen LogP) is 1.18. The molecule has 0 radical (unpaired) electrons. The summed E-state index contributed by atoms with van der Waals surface area (Å²) in [7, 11) is -2.02. The van der Waals surface area contributed by atoms with Crippen molar-refractivity contribution in [2.24, 2.45) is 0 Å². The van der Waals surface area contributed by atoms with Crippen LogP contribution in [-0.4, -0.2) is 20.4 Å². The van der Waals surface area contributed by atoms with Gasteiger partial charge in [-0.15, -0.1) is 0 Å². The number of hydrogen-bond donors (Lipinski definition) is 0. The van der Waals surface area contributed by atoms with Gasteiger partial charge in [0, 0.05) is 13.1 Å². The third kappa shape index (κ3) is 1.35. The van der Waals surface area contributed by atoms with Gasteiger partial charge in [-0.1, -0.05) is 6.07 Å². The van der Waals surface area contributed by atoms with E-state index in [9.17, 15) is 18.5 Å². The molecular formula is C9H10N2O4S. The average molecular weight is 242 g/mol. The second-order valence-electron chi connectivity index (χ2n) is 3.71. The number of nitro benzene ring substituents is 1. The fourth-order valence-electron chi connectivity index (χ4n) is 1.91. The van der Waals surface area contributed by atoms with Crippen molar-refractivity contribution >= 4 is 21.4 Å². The minimum absolute atomic E-state index is 0.131. The maximum Gasteiger partial charge on any atom is 0.275 e. The zero-order valence-corrected chi connectivity index (χ0v) is 9.61. The van der Waals surface area contributed by atoms with Crippen molar-refractivity contribution in [3.05, 3.63) is 33.4 Å². The zero-order chi connectivity index (χ0) is 12.1. The van der Waals surface area contributed by atoms with Gasteiger partial charge in [-0.25, -0.2) is 8.42 Å². The smallest absolute Gasteiger partial charge is 0.272 e. The lowest BCUT2D eigenvalue weighted by Gasteiger charge is -2.13. The summed E-state index contributed by atoms with van der Waals surface area (Å²) in [5.74, 6) is -0.295. The number of anilines is 1. The monoisotopic (exact) mass is 242 g/mol. The molecule has 1 aromatic carbocycles. The van der Waals surface area contributed by atoms with Crippen LogP contribution in [0.3, 0.4) is 0 Å². The number of nitrogens with zero attached hydrogens (tertiary/aromatic N) is 2. The van der Waals surface area contributed by atoms with E-state index < -0.39 is 14.9 Å². The molecule has 16 heavy (non-hydrogen) atoms. The maximum atomic E-state index is 11.6. The highest BCUT2D eigenvalue weighted by Crippen LogP contribution is 2.40. The fourth-order valence-corrected chi connectivity index (χ4v) is 3.29. The number of aryl methyl sites for hydroxylation is 1. The van der Waals surface area contributed by atoms with Crippen LogP contribution in [0.5, 0.6) is 0 Å². The van der Waals surface area contributed by atoms with Crippen molar-refractivity contribution in [3.63, 3.8) is 0 Å². The quantitative estimate of drug-likeness (QED) is 0.547. The number of hydrogen-bond acceptors (Lipinski definition) is 4. The summed E-state index contributed by atoms with van der Waals surface area (Å²) in [6.45, 7) is 1.74. The van der Waals surface area contributed by atoms with Crippen LogP contribution in [0.4, 0.5) is 11.4 Å². The van der Waals surface area contributed by atoms with E-state index in [0.29, 0.717) is 5.69 Å². The molecule has 0 saturated heterocycles. The van der Waals surface area contributed by atoms with Gasteiger partial charge in [0.1, 0.15) is 5.75 Å². The Labute approximate surface area is 92.7 Å². The highest BCUT2D eigenvalue weighted by molar-refractivity contribution is 7.92. The normalized spacial score (nSPS) is 17.2. The Morgan fingerprint density at radius 2 is 2.06 bits per heavy atom. The third-order valence-electron chi connectivity index (χ3n) is 2.72. The van der Waals surface area contributed by atoms with Crippen molar-refractivity contribution < 1.29 is 13.3 Å². The van der Waals surface area contributed by atoms with E-state index in [2.05, 4.69) is 0 Å². The first kappa shape index (κ1) is 10.9. The molecule has 0 unspecified atom stereocenters. The molecule has 0 saturated carbocycles. The average Bonchev–Trinajstić information content (AvgIpc) is 2.38. The molecular weight excluding hydrogens is 232 g/mol. The standard InChI is InChI=1S/C9H10N2O4S/c1-6-3-4-8(11(12)13)7-5-16(14,15)10(2)9(6)7/h3-4H,5H2,1-2H3. The molecule has 1 aliphatic rings. The molecule has 0 aromatic heterocycles. The third-order valence-corrected chi connectivity index (χ3v) is 4.39. The van der Waals surface area contributed by atoms with Crippen molar-refractivity contribution in [2.45, 2.75) is 12.7 Å². The van der Waals surface area contributed by atoms with Crippen molar-refractivity contribution in [3.8, 4) is 0 Å². The number of nitro groups is 1. The molecule has 1 heterocycles. The van der Waals surface area contributed by atoms with Crippen LogP contribution < -0.4 is 4.31 Å². The Morgan fingerprint density at radius 3 is 2.62 bits per heavy atom. The summed E-state index contributed by atoms with van der Waals surface area (Å²) in [5, 5.41) is 10.8. The number of fused-ring (bicyclic) bond motifs is 1. The minimum atomic E-state index is -3.43. The van der Waals surface area contributed by atoms with E-state index in [4.69, 9.17) is 0 Å². The first-order valence-corrected chi connectivity index (χ1v) is 6.19. The van der Waals surface area contributed by atoms with Crippen LogP contribution in [-0.2, 0) is 15.8 Å². The van der Waals surface area contributed by atoms with Crippen LogP contribution in [0.1, 0.15) is 11.1 Å². The fraction of sp³-hybridized carbons (Fsp3) is 0.333. The van der Waals surface area contributed by atoms with Crippen LogP contribution >= 0.6 is 0 Å². The molecule has 7 heteroatoms. The predicted molar refractivity (Wildman–Crippen MR) is 58.9 cm³/mol. The largest absolute Gasteiger partial charge is 0.275 e. The lowest BCUT2D eigenvalue weighted by Crippen LogP contribution is -2.21. The highest BCUT2D eigenvalue weighted by atomic mass is 32.2. The van der Waals surface area contributed by atoms with Gasteiger partial charge in [-0.3, -0.25) is 14.4 Å². The van der Waals surface area contributed by atoms with E-state index in [-0.39, 0.29) is 17.0 Å². The highest BCUT2D eigenvalue weighted by Gasteiger charge is 2.36. The van der Waals surface area contributed by atoms with Crippen LogP contribution in [0.15, 0.2) is 12.1 Å². The van der Waals surface area contributed by atoms with E-state index in [1.807, 2.05) is 0 Å². The van der Waals surface area contributed by atoms with Gasteiger partial charge in [0.2, 0.25) is 10.0 Å². The van der Waals surface area contributed by atoms with Crippen LogP contribution in [0.25, 0.3) is 0 Å². The molecule has 0 aliphatic carbocycles. The number of benzene rings is 1. The Bertz CT molecular complexity index is 579. The molecule has 1 aliphatic heterocycles. The molecule has 0 amide bonds. The van der Waals surface area contributed by atoms with Crippen molar-refractivity contribution in [2.75, 3.05) is 11.4 Å². The second kappa shape index (κ2) is 3.18. The number of sulfonamides is 1. The van der Waals surface area contributed by atoms with Gasteiger partial charge in [0.15, 0.2) is 0 Å². The molecule has 86 valence electrons. The summed E-state index contributed by atoms with van der Waals surface area (Å²) >= 11 is 0. The Hall–Kier alpha value is -1.63. The Morgan fingerprint density at radius 1 is 1.44 bits per heavy atom. The molecule has 1 aromatic rings. The van der Waals surface area contributed by atoms with Gasteiger partial charge in [-0.2, -0.15) is 0 Å². The summed E-state index contributed by atoms with van der Waals surface area (Å²) in [6, 6.07) is 2.91. The molecule has 0 fully saturated rings. The Kier molecular flexibility index (Phi) is 2.16. The Balaban J connectivity index is 2.77. The first-order valence-electron chi connectivity index (χ1n) is 4.58. The van der Waals surface area contributed by atoms with E-state index >= 15 is 0 Å². The number of rotatable bonds is 1. The van der Waals surface area contributed by atoms with Gasteiger partial charge < -0.3 is 0 Å². The molecule has 0 atom stereocenters. The molecule has 6 nitrogen and oxygen atoms in total. The lowest BCUT2D eigenvalue weighted by atomic mass is 10.1. The lowest BCUT2D eigenvalue weighted by molar-refractivity contribution is -0.385. The van der Waals surface area contributed by atoms with Crippen molar-refractivity contribution in [1.82, 2.24) is 0 Å². The van der Waals surface area contributed by atoms with Gasteiger partial charge in [0.25, 0.3) is 5.69 Å². The summed E-state index contributed by atoms with van der Waals surface area (Å²) < 4.78 is 24.4. The summed E-state index contributed by atoms with van der Waals surface area (Å²) in [5.41, 5.74) is 1.32. The van der Waals surface area contributed by atoms with Crippen LogP contribution in [0, 0.1) is 17.0 Å². The molecule has 0 spiro atoms. The van der Waals surface area contributed by atoms with Crippen LogP contribution in [0.2, 0.25) is 0 Å². The van der Waals surface area contributed by atoms with E-state index in [1.54, 1.807) is 13.0 Å². The molecule has 2 rings (SSSR count). The SMILES string of the molecule is Cc1ccc([N+](=O)[O-])c2c1N(C)S(=O)(=O)C2. The topological polar surface area (TPSA) is 80.5 Å². The van der Waals surface area contributed by atoms with E-state index in [0.717, 1.165) is 9.87 Å². The van der Waals surface area contributed by atoms with Gasteiger partial charge in [0.05, 0.1) is 16.2 Å². The van der Waals surface area contributed by atoms with E-state index in [1.165, 1.54) is 13.1 Å². The van der Waals surface area contributed by atoms with Gasteiger partial charge >= 0.3 is 0 Å². The molecule has 0 bridgehead atoms. The summed E-state index contributed by atoms with van der Waals surface area (Å²) in [4.78, 5) is 10.2. The van der Waals surface area contributed by atoms with Gasteiger partial charge in [-0.05, 0) is 12.5 Å². The first-order chi connectivity index (χ1) is 7.34. The summed E-state index contributed by atoms with van der Waals surface area (Å²) in [6.07, 6.45) is 0. The minimum Gasteiger partial charge on any atom is -0.272 e. The maximum absolute atomic E-state index is 11.6. The zero-order valence-electron chi connectivity index (χ0n) is 8.80. The van der Waals surface area contributed by atoms with Crippen molar-refractivity contribution in [1.29, 1.82) is 0 Å².